The van der Waals surface area contributed by atoms with Crippen LogP contribution >= 0.6 is 12.6 Å². The number of aliphatic hydroxyl groups excluding tert-OH is 1. The number of carbonyl (C=O) groups is 5. The zero-order valence-corrected chi connectivity index (χ0v) is 16.8. The SMILES string of the molecule is CC(O)C(NC(=O)C(CS)NC(=O)C1CCCN1)C(=O)NC(CC(N)=O)C(=O)O. The molecule has 0 aromatic carbocycles. The summed E-state index contributed by atoms with van der Waals surface area (Å²) >= 11 is 4.03. The Kier molecular flexibility index (Phi) is 9.85. The van der Waals surface area contributed by atoms with Gasteiger partial charge in [-0.2, -0.15) is 12.6 Å². The molecule has 0 radical (unpaired) electrons. The van der Waals surface area contributed by atoms with Gasteiger partial charge in [-0.15, -0.1) is 0 Å². The predicted octanol–water partition coefficient (Wildman–Crippen LogP) is -3.54. The lowest BCUT2D eigenvalue weighted by Gasteiger charge is -2.25. The Bertz CT molecular complexity index is 639. The van der Waals surface area contributed by atoms with Crippen LogP contribution < -0.4 is 27.0 Å². The van der Waals surface area contributed by atoms with Crippen LogP contribution in [0, 0.1) is 0 Å². The third-order valence-corrected chi connectivity index (χ3v) is 4.64. The number of aliphatic carboxylic acids is 1. The lowest BCUT2D eigenvalue weighted by Crippen LogP contribution is -2.60. The summed E-state index contributed by atoms with van der Waals surface area (Å²) in [6, 6.07) is -4.65. The molecule has 1 aliphatic heterocycles. The van der Waals surface area contributed by atoms with Crippen LogP contribution in [0.2, 0.25) is 0 Å². The van der Waals surface area contributed by atoms with E-state index in [1.165, 1.54) is 6.92 Å². The fourth-order valence-corrected chi connectivity index (χ4v) is 2.95. The fraction of sp³-hybridized carbons (Fsp3) is 0.688. The summed E-state index contributed by atoms with van der Waals surface area (Å²) in [6.07, 6.45) is -0.599. The van der Waals surface area contributed by atoms with E-state index in [0.29, 0.717) is 13.0 Å². The molecule has 0 aromatic heterocycles. The van der Waals surface area contributed by atoms with E-state index < -0.39 is 60.4 Å². The van der Waals surface area contributed by atoms with Crippen molar-refractivity contribution in [1.82, 2.24) is 21.3 Å². The zero-order valence-electron chi connectivity index (χ0n) is 15.9. The molecule has 1 saturated heterocycles. The first-order chi connectivity index (χ1) is 13.6. The number of hydrogen-bond donors (Lipinski definition) is 8. The minimum Gasteiger partial charge on any atom is -0.480 e. The van der Waals surface area contributed by atoms with Gasteiger partial charge in [0.15, 0.2) is 0 Å². The van der Waals surface area contributed by atoms with Gasteiger partial charge in [-0.25, -0.2) is 4.79 Å². The van der Waals surface area contributed by atoms with Gasteiger partial charge in [-0.3, -0.25) is 19.2 Å². The summed E-state index contributed by atoms with van der Waals surface area (Å²) in [7, 11) is 0. The van der Waals surface area contributed by atoms with Gasteiger partial charge in [0.25, 0.3) is 0 Å². The number of nitrogens with one attached hydrogen (secondary N) is 4. The van der Waals surface area contributed by atoms with Crippen molar-refractivity contribution in [3.63, 3.8) is 0 Å². The second kappa shape index (κ2) is 11.6. The Labute approximate surface area is 172 Å². The summed E-state index contributed by atoms with van der Waals surface area (Å²) in [5, 5.41) is 28.7. The van der Waals surface area contributed by atoms with E-state index in [2.05, 4.69) is 28.6 Å². The molecule has 4 amide bonds. The fourth-order valence-electron chi connectivity index (χ4n) is 2.70. The van der Waals surface area contributed by atoms with E-state index in [1.807, 2.05) is 5.32 Å². The number of carboxylic acids is 1. The van der Waals surface area contributed by atoms with Gasteiger partial charge in [0.2, 0.25) is 23.6 Å². The minimum absolute atomic E-state index is 0.0716. The lowest BCUT2D eigenvalue weighted by atomic mass is 10.1. The molecule has 0 aliphatic carbocycles. The largest absolute Gasteiger partial charge is 0.480 e. The van der Waals surface area contributed by atoms with Crippen LogP contribution in [-0.4, -0.2) is 82.4 Å². The van der Waals surface area contributed by atoms with Gasteiger partial charge < -0.3 is 37.2 Å². The number of aliphatic hydroxyl groups is 1. The summed E-state index contributed by atoms with van der Waals surface area (Å²) in [4.78, 5) is 59.1. The molecule has 29 heavy (non-hydrogen) atoms. The number of nitrogens with two attached hydrogens (primary N) is 1. The quantitative estimate of drug-likeness (QED) is 0.153. The topological polar surface area (TPSA) is 200 Å². The van der Waals surface area contributed by atoms with Gasteiger partial charge in [-0.1, -0.05) is 0 Å². The third kappa shape index (κ3) is 7.87. The number of thiol groups is 1. The molecule has 1 heterocycles. The maximum atomic E-state index is 12.5. The van der Waals surface area contributed by atoms with Crippen molar-refractivity contribution < 1.29 is 34.2 Å². The number of amides is 4. The van der Waals surface area contributed by atoms with E-state index in [4.69, 9.17) is 10.8 Å². The van der Waals surface area contributed by atoms with Crippen molar-refractivity contribution in [2.24, 2.45) is 5.73 Å². The molecule has 1 aliphatic rings. The van der Waals surface area contributed by atoms with Crippen LogP contribution in [0.1, 0.15) is 26.2 Å². The van der Waals surface area contributed by atoms with Crippen LogP contribution in [0.5, 0.6) is 0 Å². The summed E-state index contributed by atoms with van der Waals surface area (Å²) < 4.78 is 0. The highest BCUT2D eigenvalue weighted by atomic mass is 32.1. The molecule has 13 heteroatoms. The van der Waals surface area contributed by atoms with Gasteiger partial charge in [-0.05, 0) is 26.3 Å². The van der Waals surface area contributed by atoms with Crippen molar-refractivity contribution in [3.05, 3.63) is 0 Å². The highest BCUT2D eigenvalue weighted by Gasteiger charge is 2.33. The van der Waals surface area contributed by atoms with Crippen molar-refractivity contribution in [3.8, 4) is 0 Å². The number of carboxylic acid groups (broad SMARTS) is 1. The number of rotatable bonds is 11. The van der Waals surface area contributed by atoms with Crippen LogP contribution in [0.4, 0.5) is 0 Å². The van der Waals surface area contributed by atoms with E-state index in [9.17, 15) is 29.1 Å². The summed E-state index contributed by atoms with van der Waals surface area (Å²) in [6.45, 7) is 1.90. The average molecular weight is 433 g/mol. The van der Waals surface area contributed by atoms with Crippen LogP contribution in [0.25, 0.3) is 0 Å². The zero-order chi connectivity index (χ0) is 22.1. The Morgan fingerprint density at radius 3 is 2.24 bits per heavy atom. The molecular formula is C16H27N5O7S. The van der Waals surface area contributed by atoms with E-state index in [1.54, 1.807) is 0 Å². The van der Waals surface area contributed by atoms with Crippen molar-refractivity contribution in [2.75, 3.05) is 12.3 Å². The molecule has 1 rings (SSSR count). The second-order valence-corrected chi connectivity index (χ2v) is 7.05. The van der Waals surface area contributed by atoms with E-state index in [-0.39, 0.29) is 11.7 Å². The first-order valence-corrected chi connectivity index (χ1v) is 9.64. The highest BCUT2D eigenvalue weighted by Crippen LogP contribution is 2.06. The number of hydrogen-bond acceptors (Lipinski definition) is 8. The first kappa shape index (κ1) is 24.7. The van der Waals surface area contributed by atoms with Crippen LogP contribution in [-0.2, 0) is 24.0 Å². The van der Waals surface area contributed by atoms with Gasteiger partial charge in [0.1, 0.15) is 18.1 Å². The molecule has 0 saturated carbocycles. The molecule has 5 atom stereocenters. The molecular weight excluding hydrogens is 406 g/mol. The molecule has 5 unspecified atom stereocenters. The van der Waals surface area contributed by atoms with Crippen molar-refractivity contribution in [2.45, 2.75) is 56.5 Å². The standard InChI is InChI=1S/C16H27N5O7S/c1-7(22)12(15(26)19-9(16(27)28)5-11(17)23)21-14(25)10(6-29)20-13(24)8-3-2-4-18-8/h7-10,12,18,22,29H,2-6H2,1H3,(H2,17,23)(H,19,26)(H,20,24)(H,21,25)(H,27,28). The van der Waals surface area contributed by atoms with Crippen LogP contribution in [0.3, 0.4) is 0 Å². The summed E-state index contributed by atoms with van der Waals surface area (Å²) in [5.41, 5.74) is 4.95. The third-order valence-electron chi connectivity index (χ3n) is 4.27. The molecule has 12 nitrogen and oxygen atoms in total. The maximum Gasteiger partial charge on any atom is 0.326 e. The Hall–Kier alpha value is -2.38. The predicted molar refractivity (Wildman–Crippen MR) is 104 cm³/mol. The Balaban J connectivity index is 2.77. The van der Waals surface area contributed by atoms with Crippen molar-refractivity contribution in [1.29, 1.82) is 0 Å². The molecule has 164 valence electrons. The van der Waals surface area contributed by atoms with Gasteiger partial charge in [0, 0.05) is 5.75 Å². The monoisotopic (exact) mass is 433 g/mol. The normalized spacial score (nSPS) is 20.0. The second-order valence-electron chi connectivity index (χ2n) is 6.69. The smallest absolute Gasteiger partial charge is 0.326 e. The molecule has 0 aromatic rings. The molecule has 0 bridgehead atoms. The Morgan fingerprint density at radius 1 is 1.14 bits per heavy atom. The number of primary amides is 1. The van der Waals surface area contributed by atoms with Crippen molar-refractivity contribution >= 4 is 42.2 Å². The summed E-state index contributed by atoms with van der Waals surface area (Å²) in [5.74, 6) is -4.72. The van der Waals surface area contributed by atoms with Crippen LogP contribution in [0.15, 0.2) is 0 Å². The van der Waals surface area contributed by atoms with E-state index in [0.717, 1.165) is 6.42 Å². The Morgan fingerprint density at radius 2 is 1.79 bits per heavy atom. The van der Waals surface area contributed by atoms with Gasteiger partial charge >= 0.3 is 5.97 Å². The minimum atomic E-state index is -1.62. The number of carbonyl (C=O) groups excluding carboxylic acids is 4. The first-order valence-electron chi connectivity index (χ1n) is 9.01. The van der Waals surface area contributed by atoms with E-state index >= 15 is 0 Å². The molecule has 8 N–H and O–H groups in total. The lowest BCUT2D eigenvalue weighted by molar-refractivity contribution is -0.144. The maximum absolute atomic E-state index is 12.5. The highest BCUT2D eigenvalue weighted by molar-refractivity contribution is 7.80. The average Bonchev–Trinajstić information content (AvgIpc) is 3.17. The molecule has 0 spiro atoms. The van der Waals surface area contributed by atoms with Gasteiger partial charge in [0.05, 0.1) is 18.6 Å². The molecule has 1 fully saturated rings.